The second-order valence-corrected chi connectivity index (χ2v) is 9.36. The summed E-state index contributed by atoms with van der Waals surface area (Å²) in [6.45, 7) is 3.75. The zero-order valence-electron chi connectivity index (χ0n) is 19.9. The first-order chi connectivity index (χ1) is 17.6. The SMILES string of the molecule is O=C(CN(C(=O)c1ccc2cc[nH]c2c1)c1ccccc1Cl)N1CCN(CCc2ccncc2)CC1. The molecule has 36 heavy (non-hydrogen) atoms. The maximum absolute atomic E-state index is 13.6. The van der Waals surface area contributed by atoms with Crippen LogP contribution in [0.15, 0.2) is 79.3 Å². The van der Waals surface area contributed by atoms with Crippen molar-refractivity contribution in [2.75, 3.05) is 44.2 Å². The lowest BCUT2D eigenvalue weighted by Crippen LogP contribution is -2.52. The molecular weight excluding hydrogens is 474 g/mol. The third-order valence-electron chi connectivity index (χ3n) is 6.67. The fourth-order valence-corrected chi connectivity index (χ4v) is 4.80. The molecule has 0 radical (unpaired) electrons. The van der Waals surface area contributed by atoms with Crippen LogP contribution in [0, 0.1) is 0 Å². The van der Waals surface area contributed by atoms with Crippen LogP contribution in [-0.2, 0) is 11.2 Å². The Balaban J connectivity index is 1.26. The van der Waals surface area contributed by atoms with E-state index < -0.39 is 0 Å². The third kappa shape index (κ3) is 5.42. The van der Waals surface area contributed by atoms with Crippen LogP contribution in [0.25, 0.3) is 10.9 Å². The monoisotopic (exact) mass is 501 g/mol. The van der Waals surface area contributed by atoms with Gasteiger partial charge in [-0.2, -0.15) is 0 Å². The van der Waals surface area contributed by atoms with Crippen LogP contribution < -0.4 is 4.90 Å². The lowest BCUT2D eigenvalue weighted by molar-refractivity contribution is -0.131. The van der Waals surface area contributed by atoms with Crippen molar-refractivity contribution in [2.45, 2.75) is 6.42 Å². The first-order valence-electron chi connectivity index (χ1n) is 12.1. The van der Waals surface area contributed by atoms with Gasteiger partial charge in [0.05, 0.1) is 10.7 Å². The summed E-state index contributed by atoms with van der Waals surface area (Å²) in [5, 5.41) is 1.45. The highest BCUT2D eigenvalue weighted by Crippen LogP contribution is 2.27. The number of para-hydroxylation sites is 1. The molecule has 0 spiro atoms. The van der Waals surface area contributed by atoms with Gasteiger partial charge in [0.2, 0.25) is 5.91 Å². The van der Waals surface area contributed by atoms with E-state index in [0.29, 0.717) is 29.4 Å². The van der Waals surface area contributed by atoms with Crippen molar-refractivity contribution in [3.63, 3.8) is 0 Å². The second-order valence-electron chi connectivity index (χ2n) is 8.95. The van der Waals surface area contributed by atoms with Gasteiger partial charge < -0.3 is 9.88 Å². The molecule has 1 fully saturated rings. The minimum Gasteiger partial charge on any atom is -0.361 e. The highest BCUT2D eigenvalue weighted by atomic mass is 35.5. The van der Waals surface area contributed by atoms with Gasteiger partial charge in [0.15, 0.2) is 0 Å². The highest BCUT2D eigenvalue weighted by molar-refractivity contribution is 6.34. The maximum atomic E-state index is 13.6. The van der Waals surface area contributed by atoms with Crippen molar-refractivity contribution in [3.05, 3.63) is 95.4 Å². The summed E-state index contributed by atoms with van der Waals surface area (Å²) < 4.78 is 0. The third-order valence-corrected chi connectivity index (χ3v) is 6.99. The summed E-state index contributed by atoms with van der Waals surface area (Å²) in [5.74, 6) is -0.345. The number of H-pyrrole nitrogens is 1. The highest BCUT2D eigenvalue weighted by Gasteiger charge is 2.27. The van der Waals surface area contributed by atoms with Crippen LogP contribution in [0.1, 0.15) is 15.9 Å². The zero-order chi connectivity index (χ0) is 24.9. The lowest BCUT2D eigenvalue weighted by atomic mass is 10.1. The van der Waals surface area contributed by atoms with Crippen molar-refractivity contribution < 1.29 is 9.59 Å². The zero-order valence-corrected chi connectivity index (χ0v) is 20.7. The number of aromatic amines is 1. The Kier molecular flexibility index (Phi) is 7.30. The summed E-state index contributed by atoms with van der Waals surface area (Å²) in [5.41, 5.74) is 3.16. The number of piperazine rings is 1. The van der Waals surface area contributed by atoms with E-state index in [1.54, 1.807) is 18.2 Å². The molecule has 1 aliphatic heterocycles. The van der Waals surface area contributed by atoms with Crippen LogP contribution in [-0.4, -0.2) is 70.9 Å². The molecule has 4 aromatic rings. The maximum Gasteiger partial charge on any atom is 0.258 e. The molecule has 0 aliphatic carbocycles. The van der Waals surface area contributed by atoms with Gasteiger partial charge in [0, 0.05) is 62.4 Å². The van der Waals surface area contributed by atoms with Gasteiger partial charge in [-0.05, 0) is 59.8 Å². The standard InChI is InChI=1S/C28H28ClN5O2/c29-24-3-1-2-4-26(24)34(28(36)23-6-5-22-9-13-31-25(22)19-23)20-27(35)33-17-15-32(16-18-33)14-10-21-7-11-30-12-8-21/h1-9,11-13,19,31H,10,14-18,20H2. The van der Waals surface area contributed by atoms with Gasteiger partial charge in [-0.3, -0.25) is 24.4 Å². The van der Waals surface area contributed by atoms with E-state index in [1.807, 2.05) is 66.0 Å². The molecule has 7 nitrogen and oxygen atoms in total. The Hall–Kier alpha value is -3.68. The predicted molar refractivity (Wildman–Crippen MR) is 142 cm³/mol. The number of amides is 2. The molecule has 2 amide bonds. The number of pyridine rings is 1. The smallest absolute Gasteiger partial charge is 0.258 e. The van der Waals surface area contributed by atoms with Gasteiger partial charge in [-0.25, -0.2) is 0 Å². The van der Waals surface area contributed by atoms with E-state index in [0.717, 1.165) is 37.0 Å². The van der Waals surface area contributed by atoms with Gasteiger partial charge >= 0.3 is 0 Å². The number of hydrogen-bond acceptors (Lipinski definition) is 4. The van der Waals surface area contributed by atoms with Crippen molar-refractivity contribution >= 4 is 40.0 Å². The van der Waals surface area contributed by atoms with Crippen molar-refractivity contribution in [3.8, 4) is 0 Å². The summed E-state index contributed by atoms with van der Waals surface area (Å²) in [4.78, 5) is 39.9. The first kappa shape index (κ1) is 24.0. The van der Waals surface area contributed by atoms with Crippen LogP contribution in [0.3, 0.4) is 0 Å². The van der Waals surface area contributed by atoms with Crippen LogP contribution >= 0.6 is 11.6 Å². The Morgan fingerprint density at radius 3 is 2.53 bits per heavy atom. The molecule has 1 N–H and O–H groups in total. The molecule has 2 aromatic heterocycles. The number of anilines is 1. The number of aromatic nitrogens is 2. The van der Waals surface area contributed by atoms with E-state index in [1.165, 1.54) is 10.5 Å². The van der Waals surface area contributed by atoms with E-state index in [9.17, 15) is 9.59 Å². The van der Waals surface area contributed by atoms with E-state index >= 15 is 0 Å². The fourth-order valence-electron chi connectivity index (χ4n) is 4.57. The quantitative estimate of drug-likeness (QED) is 0.411. The summed E-state index contributed by atoms with van der Waals surface area (Å²) >= 11 is 6.47. The Morgan fingerprint density at radius 2 is 1.75 bits per heavy atom. The molecule has 0 saturated carbocycles. The summed E-state index contributed by atoms with van der Waals surface area (Å²) in [6.07, 6.45) is 6.42. The first-order valence-corrected chi connectivity index (χ1v) is 12.5. The van der Waals surface area contributed by atoms with E-state index in [4.69, 9.17) is 11.6 Å². The summed E-state index contributed by atoms with van der Waals surface area (Å²) in [7, 11) is 0. The molecule has 8 heteroatoms. The largest absolute Gasteiger partial charge is 0.361 e. The molecule has 0 bridgehead atoms. The topological polar surface area (TPSA) is 72.5 Å². The molecule has 0 atom stereocenters. The average Bonchev–Trinajstić information content (AvgIpc) is 3.39. The molecule has 5 rings (SSSR count). The molecular formula is C28H28ClN5O2. The number of carbonyl (C=O) groups excluding carboxylic acids is 2. The second kappa shape index (κ2) is 10.9. The number of benzene rings is 2. The molecule has 0 unspecified atom stereocenters. The Labute approximate surface area is 215 Å². The van der Waals surface area contributed by atoms with Crippen molar-refractivity contribution in [2.24, 2.45) is 0 Å². The molecule has 1 saturated heterocycles. The summed E-state index contributed by atoms with van der Waals surface area (Å²) in [6, 6.07) is 18.7. The number of halogens is 1. The lowest BCUT2D eigenvalue weighted by Gasteiger charge is -2.36. The van der Waals surface area contributed by atoms with Crippen molar-refractivity contribution in [1.82, 2.24) is 19.8 Å². The Morgan fingerprint density at radius 1 is 0.972 bits per heavy atom. The Bertz CT molecular complexity index is 1350. The van der Waals surface area contributed by atoms with Crippen molar-refractivity contribution in [1.29, 1.82) is 0 Å². The number of carbonyl (C=O) groups is 2. The minimum atomic E-state index is -0.260. The van der Waals surface area contributed by atoms with Gasteiger partial charge in [0.1, 0.15) is 6.54 Å². The number of rotatable bonds is 7. The number of nitrogens with one attached hydrogen (secondary N) is 1. The number of fused-ring (bicyclic) bond motifs is 1. The molecule has 1 aliphatic rings. The van der Waals surface area contributed by atoms with Crippen LogP contribution in [0.4, 0.5) is 5.69 Å². The van der Waals surface area contributed by atoms with Gasteiger partial charge in [-0.15, -0.1) is 0 Å². The molecule has 3 heterocycles. The van der Waals surface area contributed by atoms with E-state index in [-0.39, 0.29) is 18.4 Å². The number of hydrogen-bond donors (Lipinski definition) is 1. The predicted octanol–water partition coefficient (Wildman–Crippen LogP) is 4.25. The van der Waals surface area contributed by atoms with Crippen LogP contribution in [0.5, 0.6) is 0 Å². The van der Waals surface area contributed by atoms with Gasteiger partial charge in [-0.1, -0.05) is 29.8 Å². The normalized spacial score (nSPS) is 14.2. The number of nitrogens with zero attached hydrogens (tertiary/aromatic N) is 4. The van der Waals surface area contributed by atoms with Crippen LogP contribution in [0.2, 0.25) is 5.02 Å². The van der Waals surface area contributed by atoms with Gasteiger partial charge in [0.25, 0.3) is 5.91 Å². The average molecular weight is 502 g/mol. The molecule has 2 aromatic carbocycles. The fraction of sp³-hybridized carbons (Fsp3) is 0.250. The minimum absolute atomic E-state index is 0.0671. The van der Waals surface area contributed by atoms with E-state index in [2.05, 4.69) is 14.9 Å². The molecule has 184 valence electrons.